The van der Waals surface area contributed by atoms with Crippen LogP contribution in [0, 0.1) is 18.8 Å². The molecule has 4 rings (SSSR count). The summed E-state index contributed by atoms with van der Waals surface area (Å²) in [5.74, 6) is 1.87. The smallest absolute Gasteiger partial charge is 0.0158 e. The van der Waals surface area contributed by atoms with Gasteiger partial charge in [-0.05, 0) is 81.5 Å². The average Bonchev–Trinajstić information content (AvgIpc) is 3.09. The molecule has 2 aliphatic carbocycles. The molecule has 1 heteroatoms. The quantitative estimate of drug-likeness (QED) is 0.728. The molecule has 0 N–H and O–H groups in total. The number of hydrogen-bond donors (Lipinski definition) is 0. The van der Waals surface area contributed by atoms with Crippen LogP contribution < -0.4 is 0 Å². The van der Waals surface area contributed by atoms with Crippen LogP contribution in [0.25, 0.3) is 0 Å². The minimum absolute atomic E-state index is 0.898. The second kappa shape index (κ2) is 6.52. The van der Waals surface area contributed by atoms with Crippen molar-refractivity contribution in [3.63, 3.8) is 0 Å². The highest BCUT2D eigenvalue weighted by Gasteiger charge is 2.42. The van der Waals surface area contributed by atoms with E-state index in [9.17, 15) is 0 Å². The van der Waals surface area contributed by atoms with Crippen LogP contribution in [0.3, 0.4) is 0 Å². The molecule has 0 radical (unpaired) electrons. The molecule has 1 nitrogen and oxygen atoms in total. The third-order valence-electron chi connectivity index (χ3n) is 5.76. The van der Waals surface area contributed by atoms with Crippen molar-refractivity contribution in [3.8, 4) is 0 Å². The van der Waals surface area contributed by atoms with Crippen molar-refractivity contribution in [2.45, 2.75) is 65.3 Å². The predicted molar refractivity (Wildman–Crippen MR) is 90.7 cm³/mol. The highest BCUT2D eigenvalue weighted by atomic mass is 15.2. The zero-order valence-corrected chi connectivity index (χ0v) is 14.1. The summed E-state index contributed by atoms with van der Waals surface area (Å²) in [6, 6.07) is 8.07. The van der Waals surface area contributed by atoms with Gasteiger partial charge in [0.05, 0.1) is 0 Å². The van der Waals surface area contributed by atoms with Crippen molar-refractivity contribution in [2.75, 3.05) is 13.1 Å². The van der Waals surface area contributed by atoms with Crippen LogP contribution in [0.15, 0.2) is 18.2 Å². The lowest BCUT2D eigenvalue weighted by molar-refractivity contribution is 0.159. The summed E-state index contributed by atoms with van der Waals surface area (Å²) in [6.07, 6.45) is 8.49. The van der Waals surface area contributed by atoms with Crippen molar-refractivity contribution < 1.29 is 0 Å². The summed E-state index contributed by atoms with van der Waals surface area (Å²) in [7, 11) is 0. The normalized spacial score (nSPS) is 31.3. The van der Waals surface area contributed by atoms with Crippen molar-refractivity contribution >= 4 is 0 Å². The molecule has 1 aromatic rings. The van der Waals surface area contributed by atoms with Gasteiger partial charge in [-0.3, -0.25) is 4.90 Å². The van der Waals surface area contributed by atoms with Gasteiger partial charge >= 0.3 is 0 Å². The van der Waals surface area contributed by atoms with E-state index in [1.165, 1.54) is 57.2 Å². The van der Waals surface area contributed by atoms with Gasteiger partial charge in [0.1, 0.15) is 0 Å². The molecule has 1 aliphatic heterocycles. The van der Waals surface area contributed by atoms with E-state index in [2.05, 4.69) is 30.0 Å². The highest BCUT2D eigenvalue weighted by Crippen LogP contribution is 2.43. The maximum atomic E-state index is 2.83. The lowest BCUT2D eigenvalue weighted by atomic mass is 9.92. The first kappa shape index (κ1) is 15.1. The zero-order valence-electron chi connectivity index (χ0n) is 14.1. The summed E-state index contributed by atoms with van der Waals surface area (Å²) < 4.78 is 0. The molecule has 116 valence electrons. The molecule has 1 saturated carbocycles. The fourth-order valence-electron chi connectivity index (χ4n) is 4.95. The highest BCUT2D eigenvalue weighted by molar-refractivity contribution is 5.34. The lowest BCUT2D eigenvalue weighted by Gasteiger charge is -2.32. The Hall–Kier alpha value is -0.820. The largest absolute Gasteiger partial charge is 0.300 e. The summed E-state index contributed by atoms with van der Waals surface area (Å²) in [6.45, 7) is 8.97. The van der Waals surface area contributed by atoms with E-state index in [4.69, 9.17) is 0 Å². The molecule has 3 unspecified atom stereocenters. The number of aryl methyl sites for hydroxylation is 1. The molecule has 21 heavy (non-hydrogen) atoms. The minimum atomic E-state index is 0.898. The molecule has 3 aliphatic rings. The molecule has 2 fully saturated rings. The van der Waals surface area contributed by atoms with E-state index in [-0.39, 0.29) is 0 Å². The van der Waals surface area contributed by atoms with Crippen molar-refractivity contribution in [3.05, 3.63) is 34.9 Å². The van der Waals surface area contributed by atoms with Gasteiger partial charge in [-0.1, -0.05) is 37.6 Å². The second-order valence-electron chi connectivity index (χ2n) is 7.01. The first-order valence-electron chi connectivity index (χ1n) is 9.14. The van der Waals surface area contributed by atoms with Gasteiger partial charge in [0.25, 0.3) is 0 Å². The number of nitrogens with zero attached hydrogens (tertiary/aromatic N) is 1. The van der Waals surface area contributed by atoms with Crippen molar-refractivity contribution in [1.82, 2.24) is 4.90 Å². The molecule has 3 atom stereocenters. The lowest BCUT2D eigenvalue weighted by Crippen LogP contribution is -2.40. The predicted octanol–water partition coefficient (Wildman–Crippen LogP) is 4.61. The molecule has 1 aromatic carbocycles. The van der Waals surface area contributed by atoms with Crippen LogP contribution in [0.2, 0.25) is 0 Å². The van der Waals surface area contributed by atoms with Crippen molar-refractivity contribution in [2.24, 2.45) is 11.8 Å². The van der Waals surface area contributed by atoms with E-state index in [1.807, 2.05) is 13.8 Å². The molecule has 1 saturated heterocycles. The molecule has 0 amide bonds. The Balaban J connectivity index is 0.000000636. The number of hydrogen-bond acceptors (Lipinski definition) is 1. The topological polar surface area (TPSA) is 3.24 Å². The molecule has 0 spiro atoms. The summed E-state index contributed by atoms with van der Waals surface area (Å²) in [5.41, 5.74) is 4.76. The van der Waals surface area contributed by atoms with Crippen molar-refractivity contribution in [1.29, 1.82) is 0 Å². The Bertz CT molecular complexity index is 473. The first-order chi connectivity index (χ1) is 10.3. The summed E-state index contributed by atoms with van der Waals surface area (Å²) in [5, 5.41) is 0. The Morgan fingerprint density at radius 1 is 0.905 bits per heavy atom. The van der Waals surface area contributed by atoms with Crippen LogP contribution in [0.4, 0.5) is 0 Å². The van der Waals surface area contributed by atoms with Crippen LogP contribution >= 0.6 is 0 Å². The SMILES string of the molecule is CC.Cc1ccc2c(c1)CC1CCC(C2)C1N1CCCC1. The summed E-state index contributed by atoms with van der Waals surface area (Å²) in [4.78, 5) is 2.83. The first-order valence-corrected chi connectivity index (χ1v) is 9.14. The molecule has 0 aromatic heterocycles. The Morgan fingerprint density at radius 3 is 2.19 bits per heavy atom. The van der Waals surface area contributed by atoms with E-state index in [0.717, 1.165) is 17.9 Å². The van der Waals surface area contributed by atoms with E-state index < -0.39 is 0 Å². The van der Waals surface area contributed by atoms with Gasteiger partial charge < -0.3 is 0 Å². The van der Waals surface area contributed by atoms with Gasteiger partial charge in [0, 0.05) is 6.04 Å². The summed E-state index contributed by atoms with van der Waals surface area (Å²) >= 11 is 0. The fraction of sp³-hybridized carbons (Fsp3) is 0.700. The van der Waals surface area contributed by atoms with Gasteiger partial charge in [0.15, 0.2) is 0 Å². The number of benzene rings is 1. The van der Waals surface area contributed by atoms with Crippen LogP contribution in [0.5, 0.6) is 0 Å². The molecule has 2 bridgehead atoms. The molecule has 1 heterocycles. The van der Waals surface area contributed by atoms with E-state index >= 15 is 0 Å². The van der Waals surface area contributed by atoms with Gasteiger partial charge in [0.2, 0.25) is 0 Å². The third-order valence-corrected chi connectivity index (χ3v) is 5.76. The van der Waals surface area contributed by atoms with Crippen LogP contribution in [0.1, 0.15) is 56.2 Å². The van der Waals surface area contributed by atoms with Crippen LogP contribution in [-0.2, 0) is 12.8 Å². The minimum Gasteiger partial charge on any atom is -0.300 e. The molecular weight excluding hydrogens is 254 g/mol. The maximum absolute atomic E-state index is 2.83. The zero-order chi connectivity index (χ0) is 14.8. The van der Waals surface area contributed by atoms with E-state index in [1.54, 1.807) is 11.1 Å². The number of fused-ring (bicyclic) bond motifs is 3. The third kappa shape index (κ3) is 2.90. The standard InChI is InChI=1S/C18H25N.C2H6/c1-13-4-5-14-11-15-6-7-16(12-17(14)10-13)18(15)19-8-2-3-9-19;1-2/h4-5,10,15-16,18H,2-3,6-9,11-12H2,1H3;1-2H3. The Morgan fingerprint density at radius 2 is 1.52 bits per heavy atom. The average molecular weight is 285 g/mol. The maximum Gasteiger partial charge on any atom is 0.0158 e. The number of likely N-dealkylation sites (tertiary alicyclic amines) is 1. The monoisotopic (exact) mass is 285 g/mol. The number of rotatable bonds is 1. The second-order valence-corrected chi connectivity index (χ2v) is 7.01. The van der Waals surface area contributed by atoms with Crippen LogP contribution in [-0.4, -0.2) is 24.0 Å². The fourth-order valence-corrected chi connectivity index (χ4v) is 4.95. The Kier molecular flexibility index (Phi) is 4.69. The van der Waals surface area contributed by atoms with E-state index in [0.29, 0.717) is 0 Å². The van der Waals surface area contributed by atoms with Gasteiger partial charge in [-0.15, -0.1) is 0 Å². The van der Waals surface area contributed by atoms with Gasteiger partial charge in [-0.25, -0.2) is 0 Å². The van der Waals surface area contributed by atoms with Gasteiger partial charge in [-0.2, -0.15) is 0 Å². The molecular formula is C20H31N. The Labute approximate surface area is 130 Å².